The zero-order valence-electron chi connectivity index (χ0n) is 10.6. The number of nitrogens with one attached hydrogen (secondary N) is 1. The number of hydrogen-bond donors (Lipinski definition) is 1. The van der Waals surface area contributed by atoms with Crippen LogP contribution in [0.3, 0.4) is 0 Å². The number of aromatic nitrogens is 2. The van der Waals surface area contributed by atoms with Gasteiger partial charge in [0.15, 0.2) is 0 Å². The molecule has 3 rings (SSSR count). The molecular weight excluding hydrogens is 234 g/mol. The van der Waals surface area contributed by atoms with Crippen molar-refractivity contribution in [2.75, 3.05) is 26.3 Å². The Bertz CT molecular complexity index is 395. The highest BCUT2D eigenvalue weighted by molar-refractivity contribution is 5.02. The van der Waals surface area contributed by atoms with Gasteiger partial charge in [0.05, 0.1) is 19.1 Å². The van der Waals surface area contributed by atoms with Gasteiger partial charge in [-0.2, -0.15) is 4.98 Å². The summed E-state index contributed by atoms with van der Waals surface area (Å²) < 4.78 is 16.6. The zero-order chi connectivity index (χ0) is 12.4. The first-order valence-electron chi connectivity index (χ1n) is 6.56. The number of rotatable bonds is 3. The maximum Gasteiger partial charge on any atom is 0.229 e. The van der Waals surface area contributed by atoms with Gasteiger partial charge in [-0.25, -0.2) is 0 Å². The normalized spacial score (nSPS) is 32.8. The summed E-state index contributed by atoms with van der Waals surface area (Å²) in [6.45, 7) is 5.29. The Morgan fingerprint density at radius 2 is 2.39 bits per heavy atom. The first-order valence-corrected chi connectivity index (χ1v) is 6.56. The topological polar surface area (TPSA) is 69.4 Å². The van der Waals surface area contributed by atoms with Crippen LogP contribution in [0.2, 0.25) is 0 Å². The third kappa shape index (κ3) is 2.41. The van der Waals surface area contributed by atoms with Gasteiger partial charge >= 0.3 is 0 Å². The van der Waals surface area contributed by atoms with Crippen molar-refractivity contribution in [1.29, 1.82) is 0 Å². The van der Waals surface area contributed by atoms with Gasteiger partial charge in [-0.1, -0.05) is 5.16 Å². The van der Waals surface area contributed by atoms with Gasteiger partial charge < -0.3 is 19.3 Å². The molecular formula is C12H19N3O3. The molecule has 1 aromatic rings. The van der Waals surface area contributed by atoms with Crippen LogP contribution in [-0.4, -0.2) is 42.5 Å². The van der Waals surface area contributed by atoms with E-state index in [4.69, 9.17) is 14.0 Å². The SMILES string of the molecule is CC1(c2noc(CC3CNCCO3)n2)CCCO1. The van der Waals surface area contributed by atoms with Crippen LogP contribution in [0.15, 0.2) is 4.52 Å². The van der Waals surface area contributed by atoms with E-state index in [-0.39, 0.29) is 11.7 Å². The highest BCUT2D eigenvalue weighted by Gasteiger charge is 2.36. The average Bonchev–Trinajstić information content (AvgIpc) is 3.01. The minimum absolute atomic E-state index is 0.129. The maximum absolute atomic E-state index is 5.70. The molecule has 100 valence electrons. The van der Waals surface area contributed by atoms with Gasteiger partial charge in [-0.3, -0.25) is 0 Å². The Labute approximate surface area is 106 Å². The van der Waals surface area contributed by atoms with Gasteiger partial charge in [0.1, 0.15) is 5.60 Å². The first kappa shape index (κ1) is 12.1. The Morgan fingerprint density at radius 3 is 3.11 bits per heavy atom. The molecule has 2 fully saturated rings. The van der Waals surface area contributed by atoms with E-state index in [1.54, 1.807) is 0 Å². The largest absolute Gasteiger partial charge is 0.375 e. The second-order valence-corrected chi connectivity index (χ2v) is 5.10. The van der Waals surface area contributed by atoms with Crippen molar-refractivity contribution in [2.45, 2.75) is 37.9 Å². The molecule has 1 aromatic heterocycles. The average molecular weight is 253 g/mol. The Kier molecular flexibility index (Phi) is 3.32. The van der Waals surface area contributed by atoms with Gasteiger partial charge in [-0.05, 0) is 19.8 Å². The zero-order valence-corrected chi connectivity index (χ0v) is 10.6. The van der Waals surface area contributed by atoms with Gasteiger partial charge in [0, 0.05) is 19.7 Å². The van der Waals surface area contributed by atoms with Crippen molar-refractivity contribution in [3.63, 3.8) is 0 Å². The predicted molar refractivity (Wildman–Crippen MR) is 63.1 cm³/mol. The molecule has 3 heterocycles. The van der Waals surface area contributed by atoms with Gasteiger partial charge in [-0.15, -0.1) is 0 Å². The van der Waals surface area contributed by atoms with E-state index in [9.17, 15) is 0 Å². The van der Waals surface area contributed by atoms with Crippen molar-refractivity contribution in [3.05, 3.63) is 11.7 Å². The molecule has 0 bridgehead atoms. The smallest absolute Gasteiger partial charge is 0.229 e. The molecule has 2 saturated heterocycles. The van der Waals surface area contributed by atoms with E-state index in [0.717, 1.165) is 39.1 Å². The lowest BCUT2D eigenvalue weighted by Gasteiger charge is -2.22. The van der Waals surface area contributed by atoms with Crippen LogP contribution in [0.25, 0.3) is 0 Å². The fourth-order valence-corrected chi connectivity index (χ4v) is 2.45. The summed E-state index contributed by atoms with van der Waals surface area (Å²) in [4.78, 5) is 4.45. The maximum atomic E-state index is 5.70. The molecule has 18 heavy (non-hydrogen) atoms. The van der Waals surface area contributed by atoms with Crippen LogP contribution >= 0.6 is 0 Å². The number of morpholine rings is 1. The number of ether oxygens (including phenoxy) is 2. The predicted octanol–water partition coefficient (Wildman–Crippen LogP) is 0.626. The fourth-order valence-electron chi connectivity index (χ4n) is 2.45. The summed E-state index contributed by atoms with van der Waals surface area (Å²) in [5.41, 5.74) is -0.368. The monoisotopic (exact) mass is 253 g/mol. The minimum atomic E-state index is -0.368. The van der Waals surface area contributed by atoms with Gasteiger partial charge in [0.25, 0.3) is 0 Å². The molecule has 0 saturated carbocycles. The fraction of sp³-hybridized carbons (Fsp3) is 0.833. The van der Waals surface area contributed by atoms with E-state index < -0.39 is 0 Å². The minimum Gasteiger partial charge on any atom is -0.375 e. The molecule has 6 nitrogen and oxygen atoms in total. The van der Waals surface area contributed by atoms with Crippen LogP contribution in [0.4, 0.5) is 0 Å². The summed E-state index contributed by atoms with van der Waals surface area (Å²) in [5.74, 6) is 1.30. The first-order chi connectivity index (χ1) is 8.76. The highest BCUT2D eigenvalue weighted by Crippen LogP contribution is 2.33. The number of nitrogens with zero attached hydrogens (tertiary/aromatic N) is 2. The second kappa shape index (κ2) is 4.95. The second-order valence-electron chi connectivity index (χ2n) is 5.10. The van der Waals surface area contributed by atoms with Crippen molar-refractivity contribution >= 4 is 0 Å². The molecule has 0 amide bonds. The summed E-state index contributed by atoms with van der Waals surface area (Å²) in [7, 11) is 0. The molecule has 2 atom stereocenters. The summed E-state index contributed by atoms with van der Waals surface area (Å²) in [6.07, 6.45) is 2.80. The Hall–Kier alpha value is -0.980. The Morgan fingerprint density at radius 1 is 1.44 bits per heavy atom. The van der Waals surface area contributed by atoms with Crippen LogP contribution in [0.5, 0.6) is 0 Å². The van der Waals surface area contributed by atoms with E-state index in [1.807, 2.05) is 6.92 Å². The number of hydrogen-bond acceptors (Lipinski definition) is 6. The molecule has 6 heteroatoms. The quantitative estimate of drug-likeness (QED) is 0.852. The third-order valence-electron chi connectivity index (χ3n) is 3.57. The third-order valence-corrected chi connectivity index (χ3v) is 3.57. The van der Waals surface area contributed by atoms with Crippen molar-refractivity contribution in [3.8, 4) is 0 Å². The molecule has 0 radical (unpaired) electrons. The molecule has 0 spiro atoms. The van der Waals surface area contributed by atoms with Crippen LogP contribution in [-0.2, 0) is 21.5 Å². The molecule has 2 unspecified atom stereocenters. The van der Waals surface area contributed by atoms with Crippen molar-refractivity contribution in [2.24, 2.45) is 0 Å². The molecule has 2 aliphatic heterocycles. The standard InChI is InChI=1S/C12H19N3O3/c1-12(3-2-5-17-12)11-14-10(18-15-11)7-9-8-13-4-6-16-9/h9,13H,2-8H2,1H3. The lowest BCUT2D eigenvalue weighted by molar-refractivity contribution is 0.00768. The molecule has 0 aromatic carbocycles. The summed E-state index contributed by atoms with van der Waals surface area (Å²) >= 11 is 0. The van der Waals surface area contributed by atoms with E-state index in [1.165, 1.54) is 0 Å². The van der Waals surface area contributed by atoms with Crippen molar-refractivity contribution in [1.82, 2.24) is 15.5 Å². The van der Waals surface area contributed by atoms with E-state index in [0.29, 0.717) is 18.1 Å². The molecule has 2 aliphatic rings. The summed E-state index contributed by atoms with van der Waals surface area (Å²) in [5, 5.41) is 7.33. The highest BCUT2D eigenvalue weighted by atomic mass is 16.5. The molecule has 0 aliphatic carbocycles. The van der Waals surface area contributed by atoms with Crippen LogP contribution in [0, 0.1) is 0 Å². The van der Waals surface area contributed by atoms with E-state index >= 15 is 0 Å². The van der Waals surface area contributed by atoms with E-state index in [2.05, 4.69) is 15.5 Å². The lowest BCUT2D eigenvalue weighted by Crippen LogP contribution is -2.39. The molecule has 1 N–H and O–H groups in total. The summed E-state index contributed by atoms with van der Waals surface area (Å²) in [6, 6.07) is 0. The Balaban J connectivity index is 1.65. The lowest BCUT2D eigenvalue weighted by atomic mass is 10.0. The van der Waals surface area contributed by atoms with Crippen molar-refractivity contribution < 1.29 is 14.0 Å². The van der Waals surface area contributed by atoms with Gasteiger partial charge in [0.2, 0.25) is 11.7 Å². The van der Waals surface area contributed by atoms with Crippen LogP contribution < -0.4 is 5.32 Å². The van der Waals surface area contributed by atoms with Crippen LogP contribution in [0.1, 0.15) is 31.5 Å².